The van der Waals surface area contributed by atoms with Crippen LogP contribution in [-0.2, 0) is 14.8 Å². The van der Waals surface area contributed by atoms with Crippen molar-refractivity contribution in [1.82, 2.24) is 5.32 Å². The van der Waals surface area contributed by atoms with Crippen molar-refractivity contribution in [3.05, 3.63) is 41.5 Å². The van der Waals surface area contributed by atoms with E-state index in [2.05, 4.69) is 11.9 Å². The summed E-state index contributed by atoms with van der Waals surface area (Å²) in [7, 11) is -3.46. The highest BCUT2D eigenvalue weighted by molar-refractivity contribution is 7.92. The number of carbonyl (C=O) groups is 1. The Balaban J connectivity index is 3.06. The molecule has 0 aliphatic heterocycles. The molecule has 5 nitrogen and oxygen atoms in total. The van der Waals surface area contributed by atoms with E-state index in [4.69, 9.17) is 0 Å². The predicted octanol–water partition coefficient (Wildman–Crippen LogP) is 2.07. The Morgan fingerprint density at radius 2 is 1.82 bits per heavy atom. The van der Waals surface area contributed by atoms with Gasteiger partial charge in [-0.05, 0) is 31.9 Å². The van der Waals surface area contributed by atoms with Crippen molar-refractivity contribution >= 4 is 21.6 Å². The van der Waals surface area contributed by atoms with E-state index in [1.54, 1.807) is 6.08 Å². The van der Waals surface area contributed by atoms with E-state index in [1.165, 1.54) is 4.31 Å². The van der Waals surface area contributed by atoms with Gasteiger partial charge in [-0.2, -0.15) is 0 Å². The molecule has 0 bridgehead atoms. The molecule has 22 heavy (non-hydrogen) atoms. The van der Waals surface area contributed by atoms with Crippen molar-refractivity contribution in [3.63, 3.8) is 0 Å². The zero-order chi connectivity index (χ0) is 16.9. The number of hydrogen-bond acceptors (Lipinski definition) is 3. The van der Waals surface area contributed by atoms with Crippen molar-refractivity contribution in [2.45, 2.75) is 27.2 Å². The van der Waals surface area contributed by atoms with Crippen molar-refractivity contribution < 1.29 is 13.2 Å². The second-order valence-corrected chi connectivity index (χ2v) is 7.33. The lowest BCUT2D eigenvalue weighted by Crippen LogP contribution is -2.35. The summed E-state index contributed by atoms with van der Waals surface area (Å²) in [5.41, 5.74) is 3.50. The van der Waals surface area contributed by atoms with Crippen LogP contribution < -0.4 is 9.62 Å². The Kier molecular flexibility index (Phi) is 6.17. The number of sulfonamides is 1. The van der Waals surface area contributed by atoms with Crippen LogP contribution in [0.15, 0.2) is 24.8 Å². The van der Waals surface area contributed by atoms with E-state index >= 15 is 0 Å². The molecule has 1 N–H and O–H groups in total. The first-order valence-corrected chi connectivity index (χ1v) is 8.94. The molecule has 6 heteroatoms. The summed E-state index contributed by atoms with van der Waals surface area (Å²) in [6.07, 6.45) is 2.85. The zero-order valence-electron chi connectivity index (χ0n) is 13.6. The number of rotatable bonds is 7. The SMILES string of the molecule is C=CCNC(=O)CCN(c1c(C)cc(C)cc1C)S(C)(=O)=O. The third-order valence-corrected chi connectivity index (χ3v) is 4.44. The normalized spacial score (nSPS) is 11.1. The van der Waals surface area contributed by atoms with E-state index in [0.29, 0.717) is 12.2 Å². The average Bonchev–Trinajstić information content (AvgIpc) is 2.37. The molecule has 0 aliphatic rings. The Bertz CT molecular complexity index is 643. The van der Waals surface area contributed by atoms with Crippen LogP contribution in [0.3, 0.4) is 0 Å². The summed E-state index contributed by atoms with van der Waals surface area (Å²) < 4.78 is 25.6. The quantitative estimate of drug-likeness (QED) is 0.781. The second kappa shape index (κ2) is 7.45. The van der Waals surface area contributed by atoms with Crippen molar-refractivity contribution in [3.8, 4) is 0 Å². The van der Waals surface area contributed by atoms with Crippen LogP contribution in [0.5, 0.6) is 0 Å². The van der Waals surface area contributed by atoms with Gasteiger partial charge in [-0.25, -0.2) is 8.42 Å². The van der Waals surface area contributed by atoms with Gasteiger partial charge in [0.05, 0.1) is 11.9 Å². The van der Waals surface area contributed by atoms with Gasteiger partial charge >= 0.3 is 0 Å². The largest absolute Gasteiger partial charge is 0.353 e. The third kappa shape index (κ3) is 4.87. The van der Waals surface area contributed by atoms with Gasteiger partial charge in [-0.1, -0.05) is 23.8 Å². The van der Waals surface area contributed by atoms with Crippen molar-refractivity contribution in [2.24, 2.45) is 0 Å². The maximum Gasteiger partial charge on any atom is 0.232 e. The molecule has 0 aromatic heterocycles. The molecule has 0 atom stereocenters. The van der Waals surface area contributed by atoms with Crippen LogP contribution in [-0.4, -0.2) is 33.7 Å². The van der Waals surface area contributed by atoms with Crippen LogP contribution >= 0.6 is 0 Å². The van der Waals surface area contributed by atoms with Gasteiger partial charge in [0, 0.05) is 19.5 Å². The zero-order valence-corrected chi connectivity index (χ0v) is 14.5. The Labute approximate surface area is 133 Å². The fourth-order valence-electron chi connectivity index (χ4n) is 2.49. The lowest BCUT2D eigenvalue weighted by Gasteiger charge is -2.26. The number of nitrogens with zero attached hydrogens (tertiary/aromatic N) is 1. The molecule has 0 unspecified atom stereocenters. The fourth-order valence-corrected chi connectivity index (χ4v) is 3.53. The van der Waals surface area contributed by atoms with Crippen LogP contribution in [0.1, 0.15) is 23.1 Å². The minimum Gasteiger partial charge on any atom is -0.353 e. The van der Waals surface area contributed by atoms with Gasteiger partial charge in [-0.15, -0.1) is 6.58 Å². The first kappa shape index (κ1) is 18.2. The van der Waals surface area contributed by atoms with Crippen molar-refractivity contribution in [1.29, 1.82) is 0 Å². The summed E-state index contributed by atoms with van der Waals surface area (Å²) in [6.45, 7) is 9.75. The predicted molar refractivity (Wildman–Crippen MR) is 90.7 cm³/mol. The van der Waals surface area contributed by atoms with Crippen LogP contribution in [0.4, 0.5) is 5.69 Å². The molecule has 1 amide bonds. The van der Waals surface area contributed by atoms with Crippen LogP contribution in [0, 0.1) is 20.8 Å². The van der Waals surface area contributed by atoms with E-state index in [-0.39, 0.29) is 18.9 Å². The highest BCUT2D eigenvalue weighted by atomic mass is 32.2. The van der Waals surface area contributed by atoms with Gasteiger partial charge in [-0.3, -0.25) is 9.10 Å². The first-order valence-electron chi connectivity index (χ1n) is 7.10. The molecule has 1 aromatic carbocycles. The van der Waals surface area contributed by atoms with Crippen molar-refractivity contribution in [2.75, 3.05) is 23.7 Å². The number of amides is 1. The summed E-state index contributed by atoms with van der Waals surface area (Å²) in [5.74, 6) is -0.198. The summed E-state index contributed by atoms with van der Waals surface area (Å²) in [4.78, 5) is 11.7. The van der Waals surface area contributed by atoms with Gasteiger partial charge in [0.15, 0.2) is 0 Å². The molecular formula is C16H24N2O3S. The second-order valence-electron chi connectivity index (χ2n) is 5.43. The Morgan fingerprint density at radius 3 is 2.27 bits per heavy atom. The minimum atomic E-state index is -3.46. The van der Waals surface area contributed by atoms with Gasteiger partial charge in [0.25, 0.3) is 0 Å². The molecule has 1 aromatic rings. The number of nitrogens with one attached hydrogen (secondary N) is 1. The molecule has 0 fully saturated rings. The lowest BCUT2D eigenvalue weighted by atomic mass is 10.1. The number of hydrogen-bond donors (Lipinski definition) is 1. The van der Waals surface area contributed by atoms with Gasteiger partial charge < -0.3 is 5.32 Å². The summed E-state index contributed by atoms with van der Waals surface area (Å²) >= 11 is 0. The van der Waals surface area contributed by atoms with E-state index in [1.807, 2.05) is 32.9 Å². The molecule has 0 spiro atoms. The maximum absolute atomic E-state index is 12.1. The van der Waals surface area contributed by atoms with Gasteiger partial charge in [0.2, 0.25) is 15.9 Å². The van der Waals surface area contributed by atoms with E-state index in [9.17, 15) is 13.2 Å². The maximum atomic E-state index is 12.1. The lowest BCUT2D eigenvalue weighted by molar-refractivity contribution is -0.120. The number of anilines is 1. The smallest absolute Gasteiger partial charge is 0.232 e. The molecule has 0 saturated heterocycles. The van der Waals surface area contributed by atoms with E-state index in [0.717, 1.165) is 22.9 Å². The standard InChI is InChI=1S/C16H24N2O3S/c1-6-8-17-15(19)7-9-18(22(5,20)21)16-13(3)10-12(2)11-14(16)4/h6,10-11H,1,7-9H2,2-5H3,(H,17,19). The Hall–Kier alpha value is -1.82. The highest BCUT2D eigenvalue weighted by Gasteiger charge is 2.22. The summed E-state index contributed by atoms with van der Waals surface area (Å²) in [5, 5.41) is 2.65. The monoisotopic (exact) mass is 324 g/mol. The number of carbonyl (C=O) groups excluding carboxylic acids is 1. The molecule has 0 heterocycles. The van der Waals surface area contributed by atoms with Crippen LogP contribution in [0.25, 0.3) is 0 Å². The number of benzene rings is 1. The highest BCUT2D eigenvalue weighted by Crippen LogP contribution is 2.28. The molecule has 0 aliphatic carbocycles. The fraction of sp³-hybridized carbons (Fsp3) is 0.438. The topological polar surface area (TPSA) is 66.5 Å². The van der Waals surface area contributed by atoms with Crippen LogP contribution in [0.2, 0.25) is 0 Å². The molecular weight excluding hydrogens is 300 g/mol. The molecule has 122 valence electrons. The Morgan fingerprint density at radius 1 is 1.27 bits per heavy atom. The summed E-state index contributed by atoms with van der Waals surface area (Å²) in [6, 6.07) is 3.89. The molecule has 1 rings (SSSR count). The molecule has 0 radical (unpaired) electrons. The first-order chi connectivity index (χ1) is 10.2. The minimum absolute atomic E-state index is 0.105. The van der Waals surface area contributed by atoms with Gasteiger partial charge in [0.1, 0.15) is 0 Å². The average molecular weight is 324 g/mol. The van der Waals surface area contributed by atoms with E-state index < -0.39 is 10.0 Å². The number of aryl methyl sites for hydroxylation is 3. The molecule has 0 saturated carbocycles. The third-order valence-electron chi connectivity index (χ3n) is 3.27.